The van der Waals surface area contributed by atoms with Crippen LogP contribution in [0.1, 0.15) is 24.1 Å². The maximum Gasteiger partial charge on any atom is 0.0960 e. The number of nitrogens with zero attached hydrogens (tertiary/aromatic N) is 1. The lowest BCUT2D eigenvalue weighted by Gasteiger charge is -2.18. The van der Waals surface area contributed by atoms with Crippen LogP contribution in [0.3, 0.4) is 0 Å². The Labute approximate surface area is 119 Å². The molecule has 0 aliphatic rings. The summed E-state index contributed by atoms with van der Waals surface area (Å²) in [5.41, 5.74) is 2.65. The van der Waals surface area contributed by atoms with Gasteiger partial charge in [0.1, 0.15) is 0 Å². The third-order valence-electron chi connectivity index (χ3n) is 2.97. The molecule has 1 unspecified atom stereocenters. The molecule has 0 bridgehead atoms. The smallest absolute Gasteiger partial charge is 0.0960 e. The van der Waals surface area contributed by atoms with Crippen molar-refractivity contribution in [1.29, 1.82) is 0 Å². The summed E-state index contributed by atoms with van der Waals surface area (Å²) in [7, 11) is 0. The van der Waals surface area contributed by atoms with Gasteiger partial charge in [0.15, 0.2) is 0 Å². The number of hydrogen-bond acceptors (Lipinski definition) is 3. The van der Waals surface area contributed by atoms with Crippen LogP contribution in [0.25, 0.3) is 0 Å². The number of thioether (sulfide) groups is 1. The number of rotatable bonds is 6. The zero-order valence-corrected chi connectivity index (χ0v) is 12.3. The molecule has 1 atom stereocenters. The van der Waals surface area contributed by atoms with Gasteiger partial charge in [0.25, 0.3) is 0 Å². The summed E-state index contributed by atoms with van der Waals surface area (Å²) in [4.78, 5) is 4.35. The monoisotopic (exact) mass is 272 g/mol. The predicted octanol–water partition coefficient (Wildman–Crippen LogP) is 3.83. The first-order chi connectivity index (χ1) is 9.29. The van der Waals surface area contributed by atoms with Crippen molar-refractivity contribution < 1.29 is 0 Å². The lowest BCUT2D eigenvalue weighted by atomic mass is 10.1. The van der Waals surface area contributed by atoms with Gasteiger partial charge in [-0.3, -0.25) is 0 Å². The Kier molecular flexibility index (Phi) is 5.43. The van der Waals surface area contributed by atoms with Gasteiger partial charge in [0.05, 0.1) is 5.03 Å². The van der Waals surface area contributed by atoms with Gasteiger partial charge in [0, 0.05) is 18.0 Å². The molecular formula is C16H20N2S. The highest BCUT2D eigenvalue weighted by Gasteiger charge is 2.10. The predicted molar refractivity (Wildman–Crippen MR) is 82.6 cm³/mol. The van der Waals surface area contributed by atoms with Crippen LogP contribution in [0.15, 0.2) is 53.7 Å². The van der Waals surface area contributed by atoms with Gasteiger partial charge in [-0.2, -0.15) is 0 Å². The van der Waals surface area contributed by atoms with E-state index in [1.165, 1.54) is 11.1 Å². The second-order valence-electron chi connectivity index (χ2n) is 4.50. The Morgan fingerprint density at radius 2 is 1.95 bits per heavy atom. The first kappa shape index (κ1) is 14.1. The average Bonchev–Trinajstić information content (AvgIpc) is 2.46. The van der Waals surface area contributed by atoms with Crippen molar-refractivity contribution in [3.8, 4) is 0 Å². The second kappa shape index (κ2) is 7.31. The molecule has 0 aliphatic carbocycles. The van der Waals surface area contributed by atoms with Crippen LogP contribution in [0, 0.1) is 6.92 Å². The normalized spacial score (nSPS) is 12.3. The van der Waals surface area contributed by atoms with Gasteiger partial charge in [-0.05, 0) is 31.2 Å². The van der Waals surface area contributed by atoms with Gasteiger partial charge < -0.3 is 5.32 Å². The molecule has 0 saturated carbocycles. The van der Waals surface area contributed by atoms with Crippen LogP contribution >= 0.6 is 11.8 Å². The summed E-state index contributed by atoms with van der Waals surface area (Å²) in [5.74, 6) is 0.994. The third kappa shape index (κ3) is 4.37. The first-order valence-corrected chi connectivity index (χ1v) is 7.62. The van der Waals surface area contributed by atoms with Crippen LogP contribution in [-0.4, -0.2) is 17.3 Å². The molecule has 19 heavy (non-hydrogen) atoms. The number of aromatic nitrogens is 1. The SMILES string of the molecule is CCNC(CSc1ccccn1)c1ccc(C)cc1. The Balaban J connectivity index is 2.02. The number of aryl methyl sites for hydroxylation is 1. The van der Waals surface area contributed by atoms with Crippen LogP contribution in [0.5, 0.6) is 0 Å². The molecule has 0 saturated heterocycles. The molecule has 1 heterocycles. The van der Waals surface area contributed by atoms with E-state index in [0.717, 1.165) is 17.3 Å². The fourth-order valence-electron chi connectivity index (χ4n) is 1.92. The van der Waals surface area contributed by atoms with Gasteiger partial charge in [-0.25, -0.2) is 4.98 Å². The molecule has 3 heteroatoms. The van der Waals surface area contributed by atoms with Gasteiger partial charge in [0.2, 0.25) is 0 Å². The van der Waals surface area contributed by atoms with E-state index in [4.69, 9.17) is 0 Å². The van der Waals surface area contributed by atoms with Crippen LogP contribution in [0.2, 0.25) is 0 Å². The van der Waals surface area contributed by atoms with Crippen molar-refractivity contribution in [3.05, 3.63) is 59.8 Å². The number of benzene rings is 1. The molecule has 1 N–H and O–H groups in total. The zero-order valence-electron chi connectivity index (χ0n) is 11.5. The summed E-state index contributed by atoms with van der Waals surface area (Å²) < 4.78 is 0. The van der Waals surface area contributed by atoms with Crippen LogP contribution < -0.4 is 5.32 Å². The zero-order chi connectivity index (χ0) is 13.5. The van der Waals surface area contributed by atoms with Crippen molar-refractivity contribution in [1.82, 2.24) is 10.3 Å². The second-order valence-corrected chi connectivity index (χ2v) is 5.54. The molecule has 2 aromatic rings. The standard InChI is InChI=1S/C16H20N2S/c1-3-17-15(14-9-7-13(2)8-10-14)12-19-16-6-4-5-11-18-16/h4-11,15,17H,3,12H2,1-2H3. The van der Waals surface area contributed by atoms with Crippen LogP contribution in [0.4, 0.5) is 0 Å². The summed E-state index contributed by atoms with van der Waals surface area (Å²) >= 11 is 1.79. The number of hydrogen-bond donors (Lipinski definition) is 1. The fourth-order valence-corrected chi connectivity index (χ4v) is 2.88. The van der Waals surface area contributed by atoms with Crippen molar-refractivity contribution in [2.75, 3.05) is 12.3 Å². The molecule has 0 amide bonds. The Morgan fingerprint density at radius 1 is 1.16 bits per heavy atom. The lowest BCUT2D eigenvalue weighted by Crippen LogP contribution is -2.22. The third-order valence-corrected chi connectivity index (χ3v) is 4.00. The molecule has 2 nitrogen and oxygen atoms in total. The molecule has 0 fully saturated rings. The van der Waals surface area contributed by atoms with E-state index in [1.54, 1.807) is 11.8 Å². The van der Waals surface area contributed by atoms with E-state index >= 15 is 0 Å². The van der Waals surface area contributed by atoms with E-state index in [9.17, 15) is 0 Å². The summed E-state index contributed by atoms with van der Waals surface area (Å²) in [6.07, 6.45) is 1.84. The average molecular weight is 272 g/mol. The molecule has 1 aromatic heterocycles. The quantitative estimate of drug-likeness (QED) is 0.809. The highest BCUT2D eigenvalue weighted by molar-refractivity contribution is 7.99. The van der Waals surface area contributed by atoms with Gasteiger partial charge >= 0.3 is 0 Å². The molecule has 0 radical (unpaired) electrons. The minimum atomic E-state index is 0.373. The summed E-state index contributed by atoms with van der Waals surface area (Å²) in [6, 6.07) is 15.2. The topological polar surface area (TPSA) is 24.9 Å². The molecule has 0 aliphatic heterocycles. The molecule has 1 aromatic carbocycles. The van der Waals surface area contributed by atoms with Crippen molar-refractivity contribution >= 4 is 11.8 Å². The maximum absolute atomic E-state index is 4.35. The maximum atomic E-state index is 4.35. The molecule has 100 valence electrons. The highest BCUT2D eigenvalue weighted by Crippen LogP contribution is 2.23. The number of nitrogens with one attached hydrogen (secondary N) is 1. The van der Waals surface area contributed by atoms with Gasteiger partial charge in [-0.15, -0.1) is 11.8 Å². The van der Waals surface area contributed by atoms with Crippen LogP contribution in [-0.2, 0) is 0 Å². The minimum Gasteiger partial charge on any atom is -0.309 e. The number of pyridine rings is 1. The highest BCUT2D eigenvalue weighted by atomic mass is 32.2. The summed E-state index contributed by atoms with van der Waals surface area (Å²) in [5, 5.41) is 4.62. The minimum absolute atomic E-state index is 0.373. The Bertz CT molecular complexity index is 482. The van der Waals surface area contributed by atoms with Crippen molar-refractivity contribution in [2.24, 2.45) is 0 Å². The largest absolute Gasteiger partial charge is 0.309 e. The van der Waals surface area contributed by atoms with E-state index in [1.807, 2.05) is 18.3 Å². The molecular weight excluding hydrogens is 252 g/mol. The Morgan fingerprint density at radius 3 is 2.58 bits per heavy atom. The van der Waals surface area contributed by atoms with Gasteiger partial charge in [-0.1, -0.05) is 42.8 Å². The van der Waals surface area contributed by atoms with Crippen molar-refractivity contribution in [2.45, 2.75) is 24.9 Å². The van der Waals surface area contributed by atoms with E-state index in [0.29, 0.717) is 6.04 Å². The van der Waals surface area contributed by atoms with E-state index < -0.39 is 0 Å². The van der Waals surface area contributed by atoms with E-state index in [2.05, 4.69) is 54.5 Å². The fraction of sp³-hybridized carbons (Fsp3) is 0.312. The molecule has 0 spiro atoms. The van der Waals surface area contributed by atoms with Crippen molar-refractivity contribution in [3.63, 3.8) is 0 Å². The first-order valence-electron chi connectivity index (χ1n) is 6.63. The Hall–Kier alpha value is -1.32. The lowest BCUT2D eigenvalue weighted by molar-refractivity contribution is 0.605. The summed E-state index contributed by atoms with van der Waals surface area (Å²) in [6.45, 7) is 5.24. The molecule has 2 rings (SSSR count). The van der Waals surface area contributed by atoms with E-state index in [-0.39, 0.29) is 0 Å².